The maximum absolute atomic E-state index is 7.05. The summed E-state index contributed by atoms with van der Waals surface area (Å²) < 4.78 is 0. The Hall–Kier alpha value is -1.94. The highest BCUT2D eigenvalue weighted by molar-refractivity contribution is 7.99. The van der Waals surface area contributed by atoms with Gasteiger partial charge in [0.25, 0.3) is 0 Å². The molecule has 18 heavy (non-hydrogen) atoms. The molecule has 0 heterocycles. The maximum Gasteiger partial charge on any atom is 0.195 e. The first-order valence-corrected chi connectivity index (χ1v) is 6.25. The summed E-state index contributed by atoms with van der Waals surface area (Å²) in [6.07, 6.45) is 0. The monoisotopic (exact) mass is 270 g/mol. The van der Waals surface area contributed by atoms with Gasteiger partial charge in [0.2, 0.25) is 0 Å². The van der Waals surface area contributed by atoms with E-state index < -0.39 is 0 Å². The molecule has 0 fully saturated rings. The topological polar surface area (TPSA) is 8.72 Å². The number of rotatable bonds is 2. The molecule has 2 nitrogen and oxygen atoms in total. The Kier molecular flexibility index (Phi) is 3.89. The summed E-state index contributed by atoms with van der Waals surface area (Å²) in [6.45, 7) is 14.0. The summed E-state index contributed by atoms with van der Waals surface area (Å²) in [4.78, 5) is 8.66. The van der Waals surface area contributed by atoms with Crippen LogP contribution in [0.3, 0.4) is 0 Å². The van der Waals surface area contributed by atoms with Gasteiger partial charge in [-0.05, 0) is 29.2 Å². The minimum absolute atomic E-state index is 0.393. The molecule has 2 aromatic carbocycles. The van der Waals surface area contributed by atoms with Gasteiger partial charge in [0, 0.05) is 9.92 Å². The third kappa shape index (κ3) is 2.84. The van der Waals surface area contributed by atoms with E-state index in [1.54, 1.807) is 23.9 Å². The van der Waals surface area contributed by atoms with Crippen molar-refractivity contribution in [1.29, 1.82) is 0 Å². The lowest BCUT2D eigenvalue weighted by Crippen LogP contribution is -1.74. The third-order valence-electron chi connectivity index (χ3n) is 2.24. The van der Waals surface area contributed by atoms with E-state index in [1.807, 2.05) is 30.3 Å². The van der Waals surface area contributed by atoms with Gasteiger partial charge in [0.15, 0.2) is 11.4 Å². The van der Waals surface area contributed by atoms with E-state index in [2.05, 4.69) is 9.69 Å². The second kappa shape index (κ2) is 5.60. The minimum atomic E-state index is 0.393. The highest BCUT2D eigenvalue weighted by Crippen LogP contribution is 2.35. The molecule has 2 aromatic rings. The van der Waals surface area contributed by atoms with Crippen molar-refractivity contribution in [1.82, 2.24) is 0 Å². The van der Waals surface area contributed by atoms with Crippen LogP contribution in [0.5, 0.6) is 0 Å². The largest absolute Gasteiger partial charge is 0.250 e. The van der Waals surface area contributed by atoms with Gasteiger partial charge in [-0.25, -0.2) is 0 Å². The molecule has 0 aromatic heterocycles. The van der Waals surface area contributed by atoms with Crippen LogP contribution in [0.1, 0.15) is 0 Å². The Morgan fingerprint density at radius 1 is 0.833 bits per heavy atom. The molecular formula is C14H7ClN2S. The Labute approximate surface area is 115 Å². The molecule has 0 spiro atoms. The van der Waals surface area contributed by atoms with Crippen molar-refractivity contribution in [3.63, 3.8) is 0 Å². The average molecular weight is 271 g/mol. The Bertz CT molecular complexity index is 651. The molecular weight excluding hydrogens is 264 g/mol. The van der Waals surface area contributed by atoms with E-state index in [0.717, 1.165) is 9.79 Å². The summed E-state index contributed by atoms with van der Waals surface area (Å²) in [5.74, 6) is 0. The lowest BCUT2D eigenvalue weighted by atomic mass is 10.3. The number of nitrogens with zero attached hydrogens (tertiary/aromatic N) is 2. The molecule has 4 heteroatoms. The van der Waals surface area contributed by atoms with Crippen molar-refractivity contribution in [2.75, 3.05) is 0 Å². The zero-order chi connectivity index (χ0) is 13.0. The van der Waals surface area contributed by atoms with Crippen LogP contribution < -0.4 is 0 Å². The lowest BCUT2D eigenvalue weighted by molar-refractivity contribution is 1.41. The quantitative estimate of drug-likeness (QED) is 0.646. The Morgan fingerprint density at radius 2 is 1.44 bits per heavy atom. The first-order valence-electron chi connectivity index (χ1n) is 5.05. The van der Waals surface area contributed by atoms with Gasteiger partial charge in [-0.1, -0.05) is 41.6 Å². The number of hydrogen-bond acceptors (Lipinski definition) is 1. The van der Waals surface area contributed by atoms with Crippen molar-refractivity contribution in [3.8, 4) is 0 Å². The molecule has 0 amide bonds. The molecule has 2 rings (SSSR count). The van der Waals surface area contributed by atoms with Crippen LogP contribution in [0.2, 0.25) is 5.02 Å². The second-order valence-electron chi connectivity index (χ2n) is 3.43. The summed E-state index contributed by atoms with van der Waals surface area (Å²) in [5, 5.41) is 0.699. The summed E-state index contributed by atoms with van der Waals surface area (Å²) >= 11 is 7.36. The molecule has 0 aliphatic rings. The molecule has 0 N–H and O–H groups in total. The fourth-order valence-corrected chi connectivity index (χ4v) is 2.37. The highest BCUT2D eigenvalue weighted by atomic mass is 35.5. The predicted molar refractivity (Wildman–Crippen MR) is 74.5 cm³/mol. The highest BCUT2D eigenvalue weighted by Gasteiger charge is 2.04. The third-order valence-corrected chi connectivity index (χ3v) is 3.49. The standard InChI is InChI=1S/C14H7ClN2S/c1-16-13-8-7-12(9-14(13)17-2)18-11-5-3-10(15)4-6-11/h3-9H. The van der Waals surface area contributed by atoms with Gasteiger partial charge >= 0.3 is 0 Å². The SMILES string of the molecule is [C-]#[N+]c1ccc(Sc2ccc(Cl)cc2)cc1[N+]#[C-]. The van der Waals surface area contributed by atoms with Gasteiger partial charge < -0.3 is 0 Å². The molecule has 0 unspecified atom stereocenters. The zero-order valence-corrected chi connectivity index (χ0v) is 10.8. The van der Waals surface area contributed by atoms with Gasteiger partial charge in [0.05, 0.1) is 13.1 Å². The fraction of sp³-hybridized carbons (Fsp3) is 0. The maximum atomic E-state index is 7.05. The van der Waals surface area contributed by atoms with E-state index in [1.165, 1.54) is 0 Å². The average Bonchev–Trinajstić information content (AvgIpc) is 2.41. The molecule has 0 atom stereocenters. The second-order valence-corrected chi connectivity index (χ2v) is 5.01. The van der Waals surface area contributed by atoms with E-state index in [-0.39, 0.29) is 0 Å². The van der Waals surface area contributed by atoms with Crippen molar-refractivity contribution < 1.29 is 0 Å². The van der Waals surface area contributed by atoms with Crippen LogP contribution in [0.15, 0.2) is 52.3 Å². The fourth-order valence-electron chi connectivity index (χ4n) is 1.39. The Balaban J connectivity index is 2.28. The van der Waals surface area contributed by atoms with E-state index in [0.29, 0.717) is 16.4 Å². The first kappa shape index (κ1) is 12.5. The minimum Gasteiger partial charge on any atom is -0.250 e. The van der Waals surface area contributed by atoms with Crippen LogP contribution in [-0.2, 0) is 0 Å². The number of halogens is 1. The molecule has 0 bridgehead atoms. The van der Waals surface area contributed by atoms with Gasteiger partial charge in [-0.3, -0.25) is 9.69 Å². The van der Waals surface area contributed by atoms with E-state index >= 15 is 0 Å². The van der Waals surface area contributed by atoms with Crippen LogP contribution in [0.4, 0.5) is 11.4 Å². The Morgan fingerprint density at radius 3 is 2.06 bits per heavy atom. The molecule has 0 saturated heterocycles. The zero-order valence-electron chi connectivity index (χ0n) is 9.22. The first-order chi connectivity index (χ1) is 8.72. The predicted octanol–water partition coefficient (Wildman–Crippen LogP) is 5.59. The summed E-state index contributed by atoms with van der Waals surface area (Å²) in [7, 11) is 0. The number of hydrogen-bond donors (Lipinski definition) is 0. The van der Waals surface area contributed by atoms with Crippen LogP contribution >= 0.6 is 23.4 Å². The summed E-state index contributed by atoms with van der Waals surface area (Å²) in [6, 6.07) is 12.8. The van der Waals surface area contributed by atoms with Crippen LogP contribution in [0, 0.1) is 13.1 Å². The van der Waals surface area contributed by atoms with E-state index in [4.69, 9.17) is 24.7 Å². The number of benzene rings is 2. The van der Waals surface area contributed by atoms with Gasteiger partial charge in [-0.2, -0.15) is 0 Å². The van der Waals surface area contributed by atoms with Crippen molar-refractivity contribution in [3.05, 3.63) is 70.3 Å². The molecule has 0 radical (unpaired) electrons. The van der Waals surface area contributed by atoms with Gasteiger partial charge in [-0.15, -0.1) is 0 Å². The lowest BCUT2D eigenvalue weighted by Gasteiger charge is -2.03. The van der Waals surface area contributed by atoms with Crippen molar-refractivity contribution in [2.45, 2.75) is 9.79 Å². The van der Waals surface area contributed by atoms with Crippen LogP contribution in [-0.4, -0.2) is 0 Å². The molecule has 0 saturated carbocycles. The van der Waals surface area contributed by atoms with Crippen molar-refractivity contribution in [2.24, 2.45) is 0 Å². The molecule has 0 aliphatic heterocycles. The molecule has 0 aliphatic carbocycles. The van der Waals surface area contributed by atoms with Gasteiger partial charge in [0.1, 0.15) is 0 Å². The van der Waals surface area contributed by atoms with Crippen LogP contribution in [0.25, 0.3) is 9.69 Å². The van der Waals surface area contributed by atoms with E-state index in [9.17, 15) is 0 Å². The summed E-state index contributed by atoms with van der Waals surface area (Å²) in [5.41, 5.74) is 0.786. The smallest absolute Gasteiger partial charge is 0.195 e. The molecule has 86 valence electrons. The van der Waals surface area contributed by atoms with Crippen molar-refractivity contribution >= 4 is 34.7 Å². The normalized spacial score (nSPS) is 9.50.